The van der Waals surface area contributed by atoms with Crippen molar-refractivity contribution in [1.82, 2.24) is 0 Å². The summed E-state index contributed by atoms with van der Waals surface area (Å²) in [4.78, 5) is 0. The van der Waals surface area contributed by atoms with Gasteiger partial charge in [-0.3, -0.25) is 0 Å². The van der Waals surface area contributed by atoms with Gasteiger partial charge >= 0.3 is 0 Å². The molecule has 0 saturated carbocycles. The third-order valence-electron chi connectivity index (χ3n) is 2.43. The highest BCUT2D eigenvalue weighted by Crippen LogP contribution is 2.18. The second-order valence-corrected chi connectivity index (χ2v) is 4.49. The summed E-state index contributed by atoms with van der Waals surface area (Å²) < 4.78 is 0.945. The molecule has 0 aliphatic carbocycles. The molecule has 2 heteroatoms. The molecule has 0 N–H and O–H groups in total. The number of nitriles is 1. The van der Waals surface area contributed by atoms with Gasteiger partial charge in [0.05, 0.1) is 11.6 Å². The van der Waals surface area contributed by atoms with Gasteiger partial charge in [-0.05, 0) is 29.7 Å². The minimum atomic E-state index is 0.734. The van der Waals surface area contributed by atoms with Crippen molar-refractivity contribution in [3.05, 3.63) is 69.7 Å². The molecular formula is C14H10BrN. The third kappa shape index (κ3) is 2.50. The zero-order valence-corrected chi connectivity index (χ0v) is 10.2. The van der Waals surface area contributed by atoms with Crippen molar-refractivity contribution in [2.75, 3.05) is 0 Å². The Kier molecular flexibility index (Phi) is 3.38. The Hall–Kier alpha value is -1.59. The Bertz CT molecular complexity index is 526. The van der Waals surface area contributed by atoms with E-state index in [4.69, 9.17) is 5.26 Å². The highest BCUT2D eigenvalue weighted by Gasteiger charge is 2.03. The lowest BCUT2D eigenvalue weighted by molar-refractivity contribution is 1.18. The Balaban J connectivity index is 2.32. The first-order chi connectivity index (χ1) is 7.79. The molecule has 0 fully saturated rings. The van der Waals surface area contributed by atoms with Gasteiger partial charge in [-0.1, -0.05) is 52.3 Å². The number of benzene rings is 2. The first kappa shape index (κ1) is 10.9. The smallest absolute Gasteiger partial charge is 0.0995 e. The van der Waals surface area contributed by atoms with Crippen LogP contribution in [0.5, 0.6) is 0 Å². The number of hydrogen-bond acceptors (Lipinski definition) is 1. The fourth-order valence-electron chi connectivity index (χ4n) is 1.62. The molecule has 16 heavy (non-hydrogen) atoms. The van der Waals surface area contributed by atoms with Crippen LogP contribution in [0.1, 0.15) is 16.7 Å². The van der Waals surface area contributed by atoms with E-state index in [0.29, 0.717) is 0 Å². The van der Waals surface area contributed by atoms with E-state index in [-0.39, 0.29) is 0 Å². The summed E-state index contributed by atoms with van der Waals surface area (Å²) in [5, 5.41) is 9.05. The predicted molar refractivity (Wildman–Crippen MR) is 68.1 cm³/mol. The Morgan fingerprint density at radius 2 is 1.81 bits per heavy atom. The molecule has 78 valence electrons. The first-order valence-electron chi connectivity index (χ1n) is 5.02. The van der Waals surface area contributed by atoms with Crippen molar-refractivity contribution in [3.63, 3.8) is 0 Å². The molecule has 0 amide bonds. The molecule has 0 aliphatic rings. The van der Waals surface area contributed by atoms with Gasteiger partial charge in [-0.25, -0.2) is 0 Å². The van der Waals surface area contributed by atoms with E-state index in [1.165, 1.54) is 5.56 Å². The molecule has 0 aromatic heterocycles. The monoisotopic (exact) mass is 271 g/mol. The van der Waals surface area contributed by atoms with Crippen molar-refractivity contribution in [1.29, 1.82) is 5.26 Å². The number of rotatable bonds is 2. The van der Waals surface area contributed by atoms with Crippen LogP contribution in [-0.4, -0.2) is 0 Å². The van der Waals surface area contributed by atoms with Crippen molar-refractivity contribution in [2.45, 2.75) is 6.42 Å². The van der Waals surface area contributed by atoms with Gasteiger partial charge in [0.25, 0.3) is 0 Å². The lowest BCUT2D eigenvalue weighted by Gasteiger charge is -2.04. The predicted octanol–water partition coefficient (Wildman–Crippen LogP) is 3.91. The number of hydrogen-bond donors (Lipinski definition) is 0. The highest BCUT2D eigenvalue weighted by atomic mass is 79.9. The second-order valence-electron chi connectivity index (χ2n) is 3.58. The molecule has 0 bridgehead atoms. The van der Waals surface area contributed by atoms with E-state index in [9.17, 15) is 0 Å². The summed E-state index contributed by atoms with van der Waals surface area (Å²) in [6.45, 7) is 0. The summed E-state index contributed by atoms with van der Waals surface area (Å²) >= 11 is 3.37. The molecule has 2 rings (SSSR count). The minimum absolute atomic E-state index is 0.734. The Labute approximate surface area is 103 Å². The van der Waals surface area contributed by atoms with E-state index in [1.54, 1.807) is 0 Å². The van der Waals surface area contributed by atoms with Gasteiger partial charge in [-0.15, -0.1) is 0 Å². The summed E-state index contributed by atoms with van der Waals surface area (Å²) in [5.41, 5.74) is 3.02. The molecule has 0 spiro atoms. The van der Waals surface area contributed by atoms with E-state index >= 15 is 0 Å². The van der Waals surface area contributed by atoms with E-state index in [0.717, 1.165) is 22.0 Å². The second kappa shape index (κ2) is 4.96. The maximum absolute atomic E-state index is 9.05. The fraction of sp³-hybridized carbons (Fsp3) is 0.0714. The molecule has 0 unspecified atom stereocenters. The summed E-state index contributed by atoms with van der Waals surface area (Å²) in [7, 11) is 0. The standard InChI is InChI=1S/C14H10BrN/c15-14-7-6-12(13(9-14)10-16)8-11-4-2-1-3-5-11/h1-7,9H,8H2. The maximum Gasteiger partial charge on any atom is 0.0995 e. The maximum atomic E-state index is 9.05. The van der Waals surface area contributed by atoms with E-state index in [2.05, 4.69) is 34.1 Å². The molecule has 0 atom stereocenters. The third-order valence-corrected chi connectivity index (χ3v) is 2.92. The quantitative estimate of drug-likeness (QED) is 0.813. The van der Waals surface area contributed by atoms with Gasteiger partial charge in [0.2, 0.25) is 0 Å². The van der Waals surface area contributed by atoms with Crippen LogP contribution in [0.15, 0.2) is 53.0 Å². The van der Waals surface area contributed by atoms with Crippen molar-refractivity contribution < 1.29 is 0 Å². The van der Waals surface area contributed by atoms with Gasteiger partial charge < -0.3 is 0 Å². The zero-order chi connectivity index (χ0) is 11.4. The summed E-state index contributed by atoms with van der Waals surface area (Å²) in [5.74, 6) is 0. The van der Waals surface area contributed by atoms with Crippen LogP contribution in [0.4, 0.5) is 0 Å². The zero-order valence-electron chi connectivity index (χ0n) is 8.65. The minimum Gasteiger partial charge on any atom is -0.192 e. The fourth-order valence-corrected chi connectivity index (χ4v) is 1.98. The SMILES string of the molecule is N#Cc1cc(Br)ccc1Cc1ccccc1. The molecule has 0 saturated heterocycles. The lowest BCUT2D eigenvalue weighted by atomic mass is 10.0. The van der Waals surface area contributed by atoms with Crippen LogP contribution in [0, 0.1) is 11.3 Å². The Morgan fingerprint density at radius 3 is 2.50 bits per heavy atom. The van der Waals surface area contributed by atoms with E-state index in [1.807, 2.05) is 36.4 Å². The van der Waals surface area contributed by atoms with Crippen molar-refractivity contribution in [2.24, 2.45) is 0 Å². The molecular weight excluding hydrogens is 262 g/mol. The van der Waals surface area contributed by atoms with Crippen LogP contribution in [0.25, 0.3) is 0 Å². The van der Waals surface area contributed by atoms with E-state index < -0.39 is 0 Å². The van der Waals surface area contributed by atoms with Gasteiger partial charge in [0.1, 0.15) is 0 Å². The average Bonchev–Trinajstić information content (AvgIpc) is 2.33. The average molecular weight is 272 g/mol. The van der Waals surface area contributed by atoms with Gasteiger partial charge in [0.15, 0.2) is 0 Å². The summed E-state index contributed by atoms with van der Waals surface area (Å²) in [6, 6.07) is 18.2. The molecule has 0 radical (unpaired) electrons. The lowest BCUT2D eigenvalue weighted by Crippen LogP contribution is -1.92. The van der Waals surface area contributed by atoms with Crippen LogP contribution in [-0.2, 0) is 6.42 Å². The molecule has 2 aromatic rings. The summed E-state index contributed by atoms with van der Waals surface area (Å²) in [6.07, 6.45) is 0.803. The van der Waals surface area contributed by atoms with Crippen LogP contribution in [0.3, 0.4) is 0 Å². The van der Waals surface area contributed by atoms with Crippen LogP contribution in [0.2, 0.25) is 0 Å². The number of nitrogens with zero attached hydrogens (tertiary/aromatic N) is 1. The largest absolute Gasteiger partial charge is 0.192 e. The van der Waals surface area contributed by atoms with Crippen LogP contribution >= 0.6 is 15.9 Å². The number of halogens is 1. The van der Waals surface area contributed by atoms with Crippen LogP contribution < -0.4 is 0 Å². The van der Waals surface area contributed by atoms with Crippen molar-refractivity contribution in [3.8, 4) is 6.07 Å². The van der Waals surface area contributed by atoms with Gasteiger partial charge in [0, 0.05) is 4.47 Å². The molecule has 0 heterocycles. The molecule has 0 aliphatic heterocycles. The first-order valence-corrected chi connectivity index (χ1v) is 5.81. The highest BCUT2D eigenvalue weighted by molar-refractivity contribution is 9.10. The van der Waals surface area contributed by atoms with Gasteiger partial charge in [-0.2, -0.15) is 5.26 Å². The molecule has 2 aromatic carbocycles. The normalized spacial score (nSPS) is 9.75. The topological polar surface area (TPSA) is 23.8 Å². The van der Waals surface area contributed by atoms with Crippen molar-refractivity contribution >= 4 is 15.9 Å². The molecule has 1 nitrogen and oxygen atoms in total. The Morgan fingerprint density at radius 1 is 1.06 bits per heavy atom.